The van der Waals surface area contributed by atoms with E-state index in [1.807, 2.05) is 67.6 Å². The molecular formula is C30H37N3O6S. The van der Waals surface area contributed by atoms with Gasteiger partial charge in [0.05, 0.1) is 26.2 Å². The van der Waals surface area contributed by atoms with Gasteiger partial charge in [0, 0.05) is 25.6 Å². The minimum Gasteiger partial charge on any atom is -0.497 e. The SMILES string of the molecule is CCCNC(=O)[C@@H](Cc1ccccc1)N(Cc1ccccc1)C(=O)CN(c1ccc(OC)cc1OC)S(C)(=O)=O. The highest BCUT2D eigenvalue weighted by Gasteiger charge is 2.33. The second kappa shape index (κ2) is 14.4. The van der Waals surface area contributed by atoms with Crippen molar-refractivity contribution in [3.63, 3.8) is 0 Å². The van der Waals surface area contributed by atoms with E-state index in [1.165, 1.54) is 25.2 Å². The van der Waals surface area contributed by atoms with E-state index in [1.54, 1.807) is 12.1 Å². The van der Waals surface area contributed by atoms with Gasteiger partial charge in [0.2, 0.25) is 21.8 Å². The molecule has 0 fully saturated rings. The minimum atomic E-state index is -3.93. The summed E-state index contributed by atoms with van der Waals surface area (Å²) in [6, 6.07) is 22.5. The number of ether oxygens (including phenoxy) is 2. The zero-order valence-electron chi connectivity index (χ0n) is 23.4. The van der Waals surface area contributed by atoms with Crippen molar-refractivity contribution in [1.29, 1.82) is 0 Å². The number of rotatable bonds is 14. The van der Waals surface area contributed by atoms with Crippen molar-refractivity contribution < 1.29 is 27.5 Å². The fourth-order valence-corrected chi connectivity index (χ4v) is 5.14. The van der Waals surface area contributed by atoms with Gasteiger partial charge < -0.3 is 19.7 Å². The van der Waals surface area contributed by atoms with Gasteiger partial charge in [-0.3, -0.25) is 13.9 Å². The highest BCUT2D eigenvalue weighted by molar-refractivity contribution is 7.92. The van der Waals surface area contributed by atoms with E-state index in [0.29, 0.717) is 12.3 Å². The van der Waals surface area contributed by atoms with Crippen LogP contribution in [0.3, 0.4) is 0 Å². The Kier molecular flexibility index (Phi) is 11.0. The monoisotopic (exact) mass is 567 g/mol. The number of anilines is 1. The van der Waals surface area contributed by atoms with Crippen LogP contribution >= 0.6 is 0 Å². The Labute approximate surface area is 236 Å². The van der Waals surface area contributed by atoms with Gasteiger partial charge in [0.1, 0.15) is 24.1 Å². The van der Waals surface area contributed by atoms with Crippen LogP contribution in [0.5, 0.6) is 11.5 Å². The smallest absolute Gasteiger partial charge is 0.244 e. The number of sulfonamides is 1. The van der Waals surface area contributed by atoms with Crippen molar-refractivity contribution in [2.24, 2.45) is 0 Å². The average molecular weight is 568 g/mol. The predicted molar refractivity (Wildman–Crippen MR) is 156 cm³/mol. The van der Waals surface area contributed by atoms with Crippen LogP contribution in [0.25, 0.3) is 0 Å². The number of hydrogen-bond donors (Lipinski definition) is 1. The molecule has 40 heavy (non-hydrogen) atoms. The maximum absolute atomic E-state index is 14.1. The van der Waals surface area contributed by atoms with Crippen molar-refractivity contribution in [2.75, 3.05) is 37.9 Å². The van der Waals surface area contributed by atoms with Crippen LogP contribution in [0.15, 0.2) is 78.9 Å². The lowest BCUT2D eigenvalue weighted by molar-refractivity contribution is -0.140. The number of amides is 2. The molecule has 0 bridgehead atoms. The summed E-state index contributed by atoms with van der Waals surface area (Å²) in [5.74, 6) is -0.127. The van der Waals surface area contributed by atoms with Gasteiger partial charge in [-0.05, 0) is 29.7 Å². The molecule has 1 N–H and O–H groups in total. The van der Waals surface area contributed by atoms with E-state index in [2.05, 4.69) is 5.32 Å². The normalized spacial score (nSPS) is 11.8. The van der Waals surface area contributed by atoms with Crippen LogP contribution in [0.4, 0.5) is 5.69 Å². The molecule has 214 valence electrons. The first-order valence-corrected chi connectivity index (χ1v) is 14.9. The summed E-state index contributed by atoms with van der Waals surface area (Å²) >= 11 is 0. The van der Waals surface area contributed by atoms with Crippen LogP contribution in [0.1, 0.15) is 24.5 Å². The number of carbonyl (C=O) groups excluding carboxylic acids is 2. The van der Waals surface area contributed by atoms with Gasteiger partial charge in [-0.2, -0.15) is 0 Å². The van der Waals surface area contributed by atoms with E-state index >= 15 is 0 Å². The molecule has 0 spiro atoms. The molecule has 0 aromatic heterocycles. The zero-order valence-corrected chi connectivity index (χ0v) is 24.2. The Morgan fingerprint density at radius 2 is 1.52 bits per heavy atom. The molecule has 3 aromatic carbocycles. The van der Waals surface area contributed by atoms with Gasteiger partial charge in [-0.25, -0.2) is 8.42 Å². The Bertz CT molecular complexity index is 1370. The first-order valence-electron chi connectivity index (χ1n) is 13.0. The van der Waals surface area contributed by atoms with E-state index in [4.69, 9.17) is 9.47 Å². The molecule has 0 unspecified atom stereocenters. The number of nitrogens with one attached hydrogen (secondary N) is 1. The summed E-state index contributed by atoms with van der Waals surface area (Å²) in [5, 5.41) is 2.92. The van der Waals surface area contributed by atoms with Gasteiger partial charge in [0.15, 0.2) is 0 Å². The summed E-state index contributed by atoms with van der Waals surface area (Å²) in [6.45, 7) is 2.00. The fourth-order valence-electron chi connectivity index (χ4n) is 4.29. The van der Waals surface area contributed by atoms with Gasteiger partial charge in [-0.15, -0.1) is 0 Å². The Balaban J connectivity index is 2.06. The zero-order chi connectivity index (χ0) is 29.1. The molecule has 9 nitrogen and oxygen atoms in total. The lowest BCUT2D eigenvalue weighted by Gasteiger charge is -2.33. The molecule has 10 heteroatoms. The van der Waals surface area contributed by atoms with Crippen molar-refractivity contribution >= 4 is 27.5 Å². The molecular weight excluding hydrogens is 530 g/mol. The van der Waals surface area contributed by atoms with E-state index in [0.717, 1.165) is 28.1 Å². The van der Waals surface area contributed by atoms with E-state index in [-0.39, 0.29) is 30.3 Å². The first-order chi connectivity index (χ1) is 19.2. The number of carbonyl (C=O) groups is 2. The lowest BCUT2D eigenvalue weighted by atomic mass is 10.0. The second-order valence-corrected chi connectivity index (χ2v) is 11.2. The third kappa shape index (κ3) is 8.22. The van der Waals surface area contributed by atoms with Crippen LogP contribution in [0.2, 0.25) is 0 Å². The fraction of sp³-hybridized carbons (Fsp3) is 0.333. The maximum Gasteiger partial charge on any atom is 0.244 e. The van der Waals surface area contributed by atoms with E-state index < -0.39 is 28.5 Å². The van der Waals surface area contributed by atoms with Crippen molar-refractivity contribution in [3.05, 3.63) is 90.0 Å². The highest BCUT2D eigenvalue weighted by atomic mass is 32.2. The van der Waals surface area contributed by atoms with Gasteiger partial charge >= 0.3 is 0 Å². The highest BCUT2D eigenvalue weighted by Crippen LogP contribution is 2.33. The predicted octanol–water partition coefficient (Wildman–Crippen LogP) is 3.64. The second-order valence-electron chi connectivity index (χ2n) is 9.31. The van der Waals surface area contributed by atoms with Crippen LogP contribution < -0.4 is 19.1 Å². The van der Waals surface area contributed by atoms with Crippen LogP contribution in [-0.2, 0) is 32.6 Å². The third-order valence-electron chi connectivity index (χ3n) is 6.35. The topological polar surface area (TPSA) is 105 Å². The molecule has 0 aliphatic rings. The molecule has 3 rings (SSSR count). The average Bonchev–Trinajstić information content (AvgIpc) is 2.96. The maximum atomic E-state index is 14.1. The molecule has 0 aliphatic carbocycles. The third-order valence-corrected chi connectivity index (χ3v) is 7.48. The quantitative estimate of drug-likeness (QED) is 0.319. The molecule has 2 amide bonds. The van der Waals surface area contributed by atoms with Crippen molar-refractivity contribution in [2.45, 2.75) is 32.4 Å². The number of hydrogen-bond acceptors (Lipinski definition) is 6. The Hall–Kier alpha value is -4.05. The van der Waals surface area contributed by atoms with Crippen LogP contribution in [-0.4, -0.2) is 64.7 Å². The van der Waals surface area contributed by atoms with Gasteiger partial charge in [-0.1, -0.05) is 67.6 Å². The molecule has 3 aromatic rings. The molecule has 0 aliphatic heterocycles. The summed E-state index contributed by atoms with van der Waals surface area (Å²) in [5.41, 5.74) is 1.88. The summed E-state index contributed by atoms with van der Waals surface area (Å²) in [7, 11) is -1.02. The van der Waals surface area contributed by atoms with Crippen molar-refractivity contribution in [3.8, 4) is 11.5 Å². The summed E-state index contributed by atoms with van der Waals surface area (Å²) < 4.78 is 37.7. The lowest BCUT2D eigenvalue weighted by Crippen LogP contribution is -2.53. The van der Waals surface area contributed by atoms with Crippen molar-refractivity contribution in [1.82, 2.24) is 10.2 Å². The number of benzene rings is 3. The molecule has 0 saturated carbocycles. The number of methoxy groups -OCH3 is 2. The molecule has 0 heterocycles. The van der Waals surface area contributed by atoms with E-state index in [9.17, 15) is 18.0 Å². The summed E-state index contributed by atoms with van der Waals surface area (Å²) in [6.07, 6.45) is 2.02. The molecule has 0 radical (unpaired) electrons. The summed E-state index contributed by atoms with van der Waals surface area (Å²) in [4.78, 5) is 29.0. The Morgan fingerprint density at radius 1 is 0.900 bits per heavy atom. The first kappa shape index (κ1) is 30.5. The Morgan fingerprint density at radius 3 is 2.08 bits per heavy atom. The molecule has 0 saturated heterocycles. The number of nitrogens with zero attached hydrogens (tertiary/aromatic N) is 2. The van der Waals surface area contributed by atoms with Gasteiger partial charge in [0.25, 0.3) is 0 Å². The van der Waals surface area contributed by atoms with Crippen LogP contribution in [0, 0.1) is 0 Å². The minimum absolute atomic E-state index is 0.119. The largest absolute Gasteiger partial charge is 0.497 e. The standard InChI is InChI=1S/C30H37N3O6S/c1-5-18-31-30(35)27(19-23-12-8-6-9-13-23)32(21-24-14-10-7-11-15-24)29(34)22-33(40(4,36)37)26-17-16-25(38-2)20-28(26)39-3/h6-17,20,27H,5,18-19,21-22H2,1-4H3,(H,31,35)/t27-/m1/s1. The molecule has 1 atom stereocenters.